The number of carbonyl (C=O) groups is 1. The predicted molar refractivity (Wildman–Crippen MR) is 126 cm³/mol. The Balaban J connectivity index is 1.56. The van der Waals surface area contributed by atoms with Gasteiger partial charge < -0.3 is 9.30 Å². The molecule has 3 aromatic carbocycles. The van der Waals surface area contributed by atoms with Crippen molar-refractivity contribution in [3.8, 4) is 5.75 Å². The number of para-hydroxylation sites is 1. The molecule has 0 aliphatic rings. The highest BCUT2D eigenvalue weighted by molar-refractivity contribution is 7.92. The van der Waals surface area contributed by atoms with Crippen molar-refractivity contribution in [3.63, 3.8) is 0 Å². The number of ether oxygens (including phenoxy) is 1. The Morgan fingerprint density at radius 3 is 2.38 bits per heavy atom. The van der Waals surface area contributed by atoms with Gasteiger partial charge in [-0.25, -0.2) is 8.42 Å². The highest BCUT2D eigenvalue weighted by Gasteiger charge is 2.15. The molecule has 0 atom stereocenters. The number of benzene rings is 3. The second kappa shape index (κ2) is 8.97. The molecule has 0 aliphatic carbocycles. The molecule has 1 aromatic heterocycles. The lowest BCUT2D eigenvalue weighted by molar-refractivity contribution is 0.0998. The van der Waals surface area contributed by atoms with E-state index in [-0.39, 0.29) is 10.8 Å². The predicted octanol–water partition coefficient (Wildman–Crippen LogP) is 4.27. The van der Waals surface area contributed by atoms with Gasteiger partial charge >= 0.3 is 0 Å². The van der Waals surface area contributed by atoms with E-state index >= 15 is 0 Å². The number of hydrogen-bond acceptors (Lipinski definition) is 5. The van der Waals surface area contributed by atoms with E-state index in [1.54, 1.807) is 36.4 Å². The first-order valence-electron chi connectivity index (χ1n) is 9.85. The second-order valence-electron chi connectivity index (χ2n) is 6.87. The molecule has 0 saturated carbocycles. The number of fused-ring (bicyclic) bond motifs is 1. The van der Waals surface area contributed by atoms with Crippen molar-refractivity contribution in [2.24, 2.45) is 4.99 Å². The highest BCUT2D eigenvalue weighted by Crippen LogP contribution is 2.20. The van der Waals surface area contributed by atoms with Gasteiger partial charge in [-0.15, -0.1) is 0 Å². The zero-order chi connectivity index (χ0) is 22.7. The molecule has 0 bridgehead atoms. The number of amides is 1. The summed E-state index contributed by atoms with van der Waals surface area (Å²) >= 11 is 1.46. The third-order valence-corrected chi connectivity index (χ3v) is 7.31. The van der Waals surface area contributed by atoms with E-state index in [1.807, 2.05) is 35.8 Å². The SMILES string of the molecule is CCn1c(=NC(=O)c2ccc(NS(=O)(=O)c3ccc(OC)cc3)cc2)sc2ccccc21. The summed E-state index contributed by atoms with van der Waals surface area (Å²) in [4.78, 5) is 17.8. The number of nitrogens with one attached hydrogen (secondary N) is 1. The molecule has 32 heavy (non-hydrogen) atoms. The molecule has 1 N–H and O–H groups in total. The van der Waals surface area contributed by atoms with Gasteiger partial charge in [0.1, 0.15) is 5.75 Å². The summed E-state index contributed by atoms with van der Waals surface area (Å²) < 4.78 is 35.8. The summed E-state index contributed by atoms with van der Waals surface area (Å²) in [6.07, 6.45) is 0. The van der Waals surface area contributed by atoms with E-state index in [1.165, 1.54) is 30.6 Å². The molecule has 1 amide bonds. The molecular formula is C23H21N3O4S2. The van der Waals surface area contributed by atoms with Crippen molar-refractivity contribution in [2.45, 2.75) is 18.4 Å². The lowest BCUT2D eigenvalue weighted by Gasteiger charge is -2.09. The second-order valence-corrected chi connectivity index (χ2v) is 9.56. The molecule has 0 aliphatic heterocycles. The van der Waals surface area contributed by atoms with E-state index in [2.05, 4.69) is 9.71 Å². The van der Waals surface area contributed by atoms with Crippen LogP contribution in [0, 0.1) is 0 Å². The van der Waals surface area contributed by atoms with Crippen molar-refractivity contribution in [2.75, 3.05) is 11.8 Å². The van der Waals surface area contributed by atoms with E-state index in [4.69, 9.17) is 4.74 Å². The highest BCUT2D eigenvalue weighted by atomic mass is 32.2. The van der Waals surface area contributed by atoms with Crippen LogP contribution in [-0.4, -0.2) is 26.0 Å². The summed E-state index contributed by atoms with van der Waals surface area (Å²) in [7, 11) is -2.25. The topological polar surface area (TPSA) is 89.8 Å². The third-order valence-electron chi connectivity index (χ3n) is 4.86. The van der Waals surface area contributed by atoms with Gasteiger partial charge in [-0.1, -0.05) is 23.5 Å². The molecular weight excluding hydrogens is 446 g/mol. The van der Waals surface area contributed by atoms with Gasteiger partial charge in [0.15, 0.2) is 4.80 Å². The minimum Gasteiger partial charge on any atom is -0.497 e. The van der Waals surface area contributed by atoms with E-state index < -0.39 is 10.0 Å². The number of thiazole rings is 1. The summed E-state index contributed by atoms with van der Waals surface area (Å²) in [5.74, 6) is 0.182. The Labute approximate surface area is 189 Å². The first-order chi connectivity index (χ1) is 15.4. The maximum atomic E-state index is 12.7. The molecule has 0 saturated heterocycles. The number of aromatic nitrogens is 1. The lowest BCUT2D eigenvalue weighted by atomic mass is 10.2. The van der Waals surface area contributed by atoms with Crippen LogP contribution in [0.15, 0.2) is 82.7 Å². The zero-order valence-corrected chi connectivity index (χ0v) is 19.1. The fourth-order valence-corrected chi connectivity index (χ4v) is 5.36. The Bertz CT molecular complexity index is 1440. The van der Waals surface area contributed by atoms with Crippen LogP contribution >= 0.6 is 11.3 Å². The lowest BCUT2D eigenvalue weighted by Crippen LogP contribution is -2.16. The Morgan fingerprint density at radius 2 is 1.72 bits per heavy atom. The van der Waals surface area contributed by atoms with Gasteiger partial charge in [-0.2, -0.15) is 4.99 Å². The fourth-order valence-electron chi connectivity index (χ4n) is 3.21. The van der Waals surface area contributed by atoms with Crippen molar-refractivity contribution in [3.05, 3.63) is 83.2 Å². The van der Waals surface area contributed by atoms with Gasteiger partial charge in [0.2, 0.25) is 0 Å². The Hall–Kier alpha value is -3.43. The minimum absolute atomic E-state index is 0.113. The van der Waals surface area contributed by atoms with Crippen LogP contribution < -0.4 is 14.3 Å². The average molecular weight is 468 g/mol. The smallest absolute Gasteiger partial charge is 0.279 e. The zero-order valence-electron chi connectivity index (χ0n) is 17.5. The number of methoxy groups -OCH3 is 1. The molecule has 0 fully saturated rings. The molecule has 7 nitrogen and oxygen atoms in total. The summed E-state index contributed by atoms with van der Waals surface area (Å²) in [6, 6.07) is 20.2. The van der Waals surface area contributed by atoms with E-state index in [9.17, 15) is 13.2 Å². The quantitative estimate of drug-likeness (QED) is 0.459. The van der Waals surface area contributed by atoms with Crippen LogP contribution in [0.2, 0.25) is 0 Å². The van der Waals surface area contributed by atoms with Gasteiger partial charge in [0.05, 0.1) is 22.2 Å². The van der Waals surface area contributed by atoms with Crippen LogP contribution in [0.4, 0.5) is 5.69 Å². The molecule has 9 heteroatoms. The van der Waals surface area contributed by atoms with Crippen molar-refractivity contribution >= 4 is 43.2 Å². The normalized spacial score (nSPS) is 12.1. The first kappa shape index (κ1) is 21.8. The van der Waals surface area contributed by atoms with Crippen molar-refractivity contribution in [1.29, 1.82) is 0 Å². The van der Waals surface area contributed by atoms with E-state index in [0.717, 1.165) is 10.2 Å². The summed E-state index contributed by atoms with van der Waals surface area (Å²) in [6.45, 7) is 2.70. The van der Waals surface area contributed by atoms with Gasteiger partial charge in [0.25, 0.3) is 15.9 Å². The van der Waals surface area contributed by atoms with Crippen LogP contribution in [0.3, 0.4) is 0 Å². The van der Waals surface area contributed by atoms with Crippen molar-refractivity contribution in [1.82, 2.24) is 4.57 Å². The standard InChI is InChI=1S/C23H21N3O4S2/c1-3-26-20-6-4-5-7-21(20)31-23(26)24-22(27)16-8-10-17(11-9-16)25-32(28,29)19-14-12-18(30-2)13-15-19/h4-15,25H,3H2,1-2H3. The van der Waals surface area contributed by atoms with Crippen LogP contribution in [-0.2, 0) is 16.6 Å². The average Bonchev–Trinajstić information content (AvgIpc) is 3.16. The molecule has 0 unspecified atom stereocenters. The molecule has 1 heterocycles. The number of sulfonamides is 1. The molecule has 0 radical (unpaired) electrons. The van der Waals surface area contributed by atoms with Gasteiger partial charge in [-0.05, 0) is 67.6 Å². The largest absolute Gasteiger partial charge is 0.497 e. The minimum atomic E-state index is -3.76. The molecule has 0 spiro atoms. The van der Waals surface area contributed by atoms with Crippen LogP contribution in [0.5, 0.6) is 5.75 Å². The maximum absolute atomic E-state index is 12.7. The molecule has 4 rings (SSSR count). The summed E-state index contributed by atoms with van der Waals surface area (Å²) in [5.41, 5.74) is 1.76. The van der Waals surface area contributed by atoms with Crippen LogP contribution in [0.1, 0.15) is 17.3 Å². The maximum Gasteiger partial charge on any atom is 0.279 e. The monoisotopic (exact) mass is 467 g/mol. The van der Waals surface area contributed by atoms with Gasteiger partial charge in [-0.3, -0.25) is 9.52 Å². The number of carbonyl (C=O) groups excluding carboxylic acids is 1. The summed E-state index contributed by atoms with van der Waals surface area (Å²) in [5, 5.41) is 0. The Morgan fingerprint density at radius 1 is 1.03 bits per heavy atom. The number of aryl methyl sites for hydroxylation is 1. The number of rotatable bonds is 6. The number of hydrogen-bond donors (Lipinski definition) is 1. The van der Waals surface area contributed by atoms with Gasteiger partial charge in [0, 0.05) is 17.8 Å². The third kappa shape index (κ3) is 4.44. The number of anilines is 1. The number of nitrogens with zero attached hydrogens (tertiary/aromatic N) is 2. The first-order valence-corrected chi connectivity index (χ1v) is 12.2. The molecule has 164 valence electrons. The molecule has 4 aromatic rings. The van der Waals surface area contributed by atoms with E-state index in [0.29, 0.717) is 28.3 Å². The van der Waals surface area contributed by atoms with Crippen LogP contribution in [0.25, 0.3) is 10.2 Å². The van der Waals surface area contributed by atoms with Crippen molar-refractivity contribution < 1.29 is 17.9 Å². The fraction of sp³-hybridized carbons (Fsp3) is 0.130. The Kier molecular flexibility index (Phi) is 6.11.